The predicted octanol–water partition coefficient (Wildman–Crippen LogP) is 1.30. The molecule has 0 radical (unpaired) electrons. The number of benzene rings is 1. The van der Waals surface area contributed by atoms with E-state index in [1.165, 1.54) is 5.56 Å². The van der Waals surface area contributed by atoms with Crippen LogP contribution in [0.3, 0.4) is 0 Å². The van der Waals surface area contributed by atoms with Crippen LogP contribution in [0, 0.1) is 5.92 Å². The van der Waals surface area contributed by atoms with Gasteiger partial charge in [-0.3, -0.25) is 9.48 Å². The molecule has 3 N–H and O–H groups in total. The first-order valence-corrected chi connectivity index (χ1v) is 8.38. The number of nitrogens with zero attached hydrogens (tertiary/aromatic N) is 2. The average molecular weight is 328 g/mol. The lowest BCUT2D eigenvalue weighted by Gasteiger charge is -2.26. The van der Waals surface area contributed by atoms with Gasteiger partial charge >= 0.3 is 0 Å². The van der Waals surface area contributed by atoms with Gasteiger partial charge in [-0.15, -0.1) is 0 Å². The molecule has 1 saturated heterocycles. The molecule has 3 rings (SSSR count). The standard InChI is InChI=1S/C18H24N4O2/c19-17(16-6-8-24-9-7-16)18(23)20-10-15-11-21-22(13-15)12-14-4-2-1-3-5-14/h1-5,11,13,16-17H,6-10,12,19H2,(H,20,23). The molecule has 1 aliphatic heterocycles. The molecule has 1 atom stereocenters. The van der Waals surface area contributed by atoms with E-state index in [-0.39, 0.29) is 11.8 Å². The van der Waals surface area contributed by atoms with E-state index < -0.39 is 6.04 Å². The number of nitrogens with two attached hydrogens (primary N) is 1. The number of hydrogen-bond acceptors (Lipinski definition) is 4. The quantitative estimate of drug-likeness (QED) is 0.837. The second kappa shape index (κ2) is 8.08. The lowest BCUT2D eigenvalue weighted by Crippen LogP contribution is -2.46. The maximum atomic E-state index is 12.2. The molecular weight excluding hydrogens is 304 g/mol. The average Bonchev–Trinajstić information content (AvgIpc) is 3.08. The maximum absolute atomic E-state index is 12.2. The van der Waals surface area contributed by atoms with Gasteiger partial charge in [-0.1, -0.05) is 30.3 Å². The van der Waals surface area contributed by atoms with E-state index in [1.807, 2.05) is 29.1 Å². The normalized spacial score (nSPS) is 16.7. The molecule has 2 aromatic rings. The van der Waals surface area contributed by atoms with Gasteiger partial charge in [0.25, 0.3) is 0 Å². The van der Waals surface area contributed by atoms with Crippen LogP contribution in [-0.2, 0) is 22.6 Å². The molecule has 0 aliphatic carbocycles. The topological polar surface area (TPSA) is 82.2 Å². The molecule has 6 heteroatoms. The first kappa shape index (κ1) is 16.7. The van der Waals surface area contributed by atoms with E-state index in [0.29, 0.717) is 19.8 Å². The number of amides is 1. The highest BCUT2D eigenvalue weighted by molar-refractivity contribution is 5.81. The van der Waals surface area contributed by atoms with Crippen LogP contribution in [0.25, 0.3) is 0 Å². The summed E-state index contributed by atoms with van der Waals surface area (Å²) in [4.78, 5) is 12.2. The van der Waals surface area contributed by atoms with Crippen LogP contribution in [0.5, 0.6) is 0 Å². The number of carbonyl (C=O) groups is 1. The summed E-state index contributed by atoms with van der Waals surface area (Å²) in [6.45, 7) is 2.55. The third-order valence-electron chi connectivity index (χ3n) is 4.42. The van der Waals surface area contributed by atoms with Gasteiger partial charge in [-0.2, -0.15) is 5.10 Å². The summed E-state index contributed by atoms with van der Waals surface area (Å²) in [7, 11) is 0. The minimum Gasteiger partial charge on any atom is -0.381 e. The molecule has 1 amide bonds. The van der Waals surface area contributed by atoms with E-state index in [9.17, 15) is 4.79 Å². The minimum absolute atomic E-state index is 0.0993. The Morgan fingerprint density at radius 2 is 2.04 bits per heavy atom. The Morgan fingerprint density at radius 3 is 2.79 bits per heavy atom. The zero-order chi connectivity index (χ0) is 16.8. The lowest BCUT2D eigenvalue weighted by molar-refractivity contribution is -0.124. The number of hydrogen-bond donors (Lipinski definition) is 2. The monoisotopic (exact) mass is 328 g/mol. The van der Waals surface area contributed by atoms with Crippen molar-refractivity contribution >= 4 is 5.91 Å². The van der Waals surface area contributed by atoms with Gasteiger partial charge in [-0.05, 0) is 24.3 Å². The van der Waals surface area contributed by atoms with Crippen molar-refractivity contribution in [3.8, 4) is 0 Å². The highest BCUT2D eigenvalue weighted by atomic mass is 16.5. The van der Waals surface area contributed by atoms with E-state index in [0.717, 1.165) is 24.9 Å². The summed E-state index contributed by atoms with van der Waals surface area (Å²) < 4.78 is 7.18. The van der Waals surface area contributed by atoms with Crippen LogP contribution in [0.1, 0.15) is 24.0 Å². The summed E-state index contributed by atoms with van der Waals surface area (Å²) in [6.07, 6.45) is 5.43. The second-order valence-corrected chi connectivity index (χ2v) is 6.23. The van der Waals surface area contributed by atoms with Crippen molar-refractivity contribution in [3.05, 3.63) is 53.9 Å². The lowest BCUT2D eigenvalue weighted by atomic mass is 9.92. The molecule has 0 spiro atoms. The predicted molar refractivity (Wildman–Crippen MR) is 91.1 cm³/mol. The molecule has 128 valence electrons. The summed E-state index contributed by atoms with van der Waals surface area (Å²) in [5.74, 6) is 0.109. The first-order valence-electron chi connectivity index (χ1n) is 8.38. The fourth-order valence-corrected chi connectivity index (χ4v) is 2.95. The fraction of sp³-hybridized carbons (Fsp3) is 0.444. The number of nitrogens with one attached hydrogen (secondary N) is 1. The smallest absolute Gasteiger partial charge is 0.237 e. The van der Waals surface area contributed by atoms with E-state index >= 15 is 0 Å². The fourth-order valence-electron chi connectivity index (χ4n) is 2.95. The molecular formula is C18H24N4O2. The van der Waals surface area contributed by atoms with Gasteiger partial charge < -0.3 is 15.8 Å². The third kappa shape index (κ3) is 4.43. The van der Waals surface area contributed by atoms with Crippen LogP contribution in [0.4, 0.5) is 0 Å². The number of ether oxygens (including phenoxy) is 1. The summed E-state index contributed by atoms with van der Waals surface area (Å²) in [5.41, 5.74) is 8.24. The maximum Gasteiger partial charge on any atom is 0.237 e. The molecule has 1 aliphatic rings. The van der Waals surface area contributed by atoms with Crippen molar-refractivity contribution in [2.45, 2.75) is 32.0 Å². The summed E-state index contributed by atoms with van der Waals surface area (Å²) in [6, 6.07) is 9.68. The molecule has 2 heterocycles. The van der Waals surface area contributed by atoms with Crippen LogP contribution in [0.15, 0.2) is 42.7 Å². The SMILES string of the molecule is NC(C(=O)NCc1cnn(Cc2ccccc2)c1)C1CCOCC1. The van der Waals surface area contributed by atoms with Gasteiger partial charge in [0.15, 0.2) is 0 Å². The summed E-state index contributed by atoms with van der Waals surface area (Å²) >= 11 is 0. The Balaban J connectivity index is 1.48. The van der Waals surface area contributed by atoms with Gasteiger partial charge in [0.2, 0.25) is 5.91 Å². The number of rotatable bonds is 6. The van der Waals surface area contributed by atoms with E-state index in [1.54, 1.807) is 6.20 Å². The minimum atomic E-state index is -0.465. The van der Waals surface area contributed by atoms with Crippen molar-refractivity contribution in [1.29, 1.82) is 0 Å². The van der Waals surface area contributed by atoms with Gasteiger partial charge in [0.05, 0.1) is 18.8 Å². The number of aromatic nitrogens is 2. The zero-order valence-electron chi connectivity index (χ0n) is 13.7. The number of carbonyl (C=O) groups excluding carboxylic acids is 1. The van der Waals surface area contributed by atoms with Crippen molar-refractivity contribution in [2.24, 2.45) is 11.7 Å². The Labute approximate surface area is 142 Å². The highest BCUT2D eigenvalue weighted by Crippen LogP contribution is 2.17. The highest BCUT2D eigenvalue weighted by Gasteiger charge is 2.26. The molecule has 1 aromatic heterocycles. The largest absolute Gasteiger partial charge is 0.381 e. The Kier molecular flexibility index (Phi) is 5.61. The van der Waals surface area contributed by atoms with Crippen LogP contribution < -0.4 is 11.1 Å². The van der Waals surface area contributed by atoms with Crippen molar-refractivity contribution in [1.82, 2.24) is 15.1 Å². The molecule has 0 saturated carbocycles. The van der Waals surface area contributed by atoms with Crippen LogP contribution in [-0.4, -0.2) is 34.9 Å². The molecule has 1 aromatic carbocycles. The van der Waals surface area contributed by atoms with Crippen molar-refractivity contribution in [3.63, 3.8) is 0 Å². The van der Waals surface area contributed by atoms with E-state index in [4.69, 9.17) is 10.5 Å². The van der Waals surface area contributed by atoms with Crippen molar-refractivity contribution in [2.75, 3.05) is 13.2 Å². The van der Waals surface area contributed by atoms with E-state index in [2.05, 4.69) is 22.5 Å². The van der Waals surface area contributed by atoms with Crippen molar-refractivity contribution < 1.29 is 9.53 Å². The van der Waals surface area contributed by atoms with Gasteiger partial charge in [-0.25, -0.2) is 0 Å². The molecule has 1 fully saturated rings. The molecule has 1 unspecified atom stereocenters. The zero-order valence-corrected chi connectivity index (χ0v) is 13.7. The molecule has 6 nitrogen and oxygen atoms in total. The molecule has 24 heavy (non-hydrogen) atoms. The molecule has 0 bridgehead atoms. The Morgan fingerprint density at radius 1 is 1.29 bits per heavy atom. The first-order chi connectivity index (χ1) is 11.7. The Hall–Kier alpha value is -2.18. The van der Waals surface area contributed by atoms with Gasteiger partial charge in [0, 0.05) is 31.5 Å². The van der Waals surface area contributed by atoms with Crippen LogP contribution >= 0.6 is 0 Å². The summed E-state index contributed by atoms with van der Waals surface area (Å²) in [5, 5.41) is 7.26. The third-order valence-corrected chi connectivity index (χ3v) is 4.42. The second-order valence-electron chi connectivity index (χ2n) is 6.23. The Bertz CT molecular complexity index is 650. The van der Waals surface area contributed by atoms with Crippen LogP contribution in [0.2, 0.25) is 0 Å². The van der Waals surface area contributed by atoms with Gasteiger partial charge in [0.1, 0.15) is 0 Å².